The molecule has 0 unspecified atom stereocenters. The van der Waals surface area contributed by atoms with Crippen LogP contribution in [0.15, 0.2) is 41.5 Å². The number of aromatic hydroxyl groups is 1. The van der Waals surface area contributed by atoms with Crippen molar-refractivity contribution in [1.29, 1.82) is 0 Å². The van der Waals surface area contributed by atoms with E-state index in [4.69, 9.17) is 9.47 Å². The number of allylic oxidation sites excluding steroid dienone is 2. The number of carbonyl (C=O) groups excluding carboxylic acids is 1. The number of carbonyl (C=O) groups is 1. The predicted octanol–water partition coefficient (Wildman–Crippen LogP) is 3.96. The third-order valence-corrected chi connectivity index (χ3v) is 5.06. The zero-order valence-corrected chi connectivity index (χ0v) is 15.5. The van der Waals surface area contributed by atoms with Crippen LogP contribution in [0.2, 0.25) is 0 Å². The van der Waals surface area contributed by atoms with Crippen molar-refractivity contribution in [2.75, 3.05) is 0 Å². The number of aliphatic hydroxyl groups excluding tert-OH is 1. The van der Waals surface area contributed by atoms with E-state index in [1.165, 1.54) is 11.6 Å². The Hall–Kier alpha value is -2.27. The van der Waals surface area contributed by atoms with Gasteiger partial charge in [0.25, 0.3) is 0 Å². The Morgan fingerprint density at radius 1 is 1.23 bits per heavy atom. The molecule has 3 rings (SSSR count). The molecule has 0 spiro atoms. The molecule has 2 heterocycles. The normalized spacial score (nSPS) is 27.9. The Morgan fingerprint density at radius 2 is 2.00 bits per heavy atom. The molecule has 0 amide bonds. The highest BCUT2D eigenvalue weighted by atomic mass is 16.5. The van der Waals surface area contributed by atoms with E-state index < -0.39 is 17.8 Å². The average Bonchev–Trinajstić information content (AvgIpc) is 2.94. The van der Waals surface area contributed by atoms with Crippen LogP contribution in [-0.2, 0) is 9.53 Å². The van der Waals surface area contributed by atoms with Crippen molar-refractivity contribution in [2.45, 2.75) is 64.3 Å². The molecular weight excluding hydrogens is 332 g/mol. The molecule has 2 atom stereocenters. The molecule has 5 nitrogen and oxygen atoms in total. The van der Waals surface area contributed by atoms with Crippen LogP contribution in [-0.4, -0.2) is 27.9 Å². The van der Waals surface area contributed by atoms with E-state index in [-0.39, 0.29) is 11.7 Å². The molecule has 0 radical (unpaired) electrons. The second kappa shape index (κ2) is 7.16. The second-order valence-corrected chi connectivity index (χ2v) is 7.59. The van der Waals surface area contributed by atoms with Gasteiger partial charge in [-0.05, 0) is 70.7 Å². The lowest BCUT2D eigenvalue weighted by Crippen LogP contribution is -2.42. The number of benzene rings is 1. The minimum absolute atomic E-state index is 0.0473. The number of aliphatic hydroxyl groups is 1. The van der Waals surface area contributed by atoms with Gasteiger partial charge in [0.2, 0.25) is 0 Å². The molecule has 0 saturated carbocycles. The number of hydrogen-bond donors (Lipinski definition) is 2. The first-order chi connectivity index (χ1) is 12.3. The van der Waals surface area contributed by atoms with Gasteiger partial charge in [0.15, 0.2) is 0 Å². The quantitative estimate of drug-likeness (QED) is 0.542. The molecule has 2 N–H and O–H groups in total. The lowest BCUT2D eigenvalue weighted by atomic mass is 9.95. The smallest absolute Gasteiger partial charge is 0.334 e. The molecule has 0 aliphatic carbocycles. The summed E-state index contributed by atoms with van der Waals surface area (Å²) in [4.78, 5) is 12.1. The van der Waals surface area contributed by atoms with Gasteiger partial charge in [-0.1, -0.05) is 11.6 Å². The van der Waals surface area contributed by atoms with Crippen molar-refractivity contribution in [1.82, 2.24) is 0 Å². The maximum atomic E-state index is 12.1. The van der Waals surface area contributed by atoms with Crippen molar-refractivity contribution in [2.24, 2.45) is 0 Å². The summed E-state index contributed by atoms with van der Waals surface area (Å²) in [6.07, 6.45) is 5.30. The van der Waals surface area contributed by atoms with Crippen LogP contribution in [0.25, 0.3) is 0 Å². The van der Waals surface area contributed by atoms with Crippen LogP contribution < -0.4 is 4.74 Å². The Kier molecular flexibility index (Phi) is 5.10. The summed E-state index contributed by atoms with van der Waals surface area (Å²) >= 11 is 0. The topological polar surface area (TPSA) is 76.0 Å². The maximum absolute atomic E-state index is 12.1. The van der Waals surface area contributed by atoms with E-state index in [0.29, 0.717) is 29.7 Å². The molecule has 4 bridgehead atoms. The van der Waals surface area contributed by atoms with Gasteiger partial charge >= 0.3 is 5.97 Å². The van der Waals surface area contributed by atoms with E-state index >= 15 is 0 Å². The van der Waals surface area contributed by atoms with Crippen LogP contribution in [0.4, 0.5) is 0 Å². The van der Waals surface area contributed by atoms with Crippen LogP contribution in [0.1, 0.15) is 58.1 Å². The largest absolute Gasteiger partial charge is 0.508 e. The molecule has 140 valence electrons. The standard InChI is InChI=1S/C21H26O5/c1-13-5-4-6-14-11-18(25-20(14)24)16-12-15(8-9-17(16)22)26-21(2,3)19(23)10-7-13/h5,8-9,11-12,18-19,22-23H,4,6-7,10H2,1-3H3/b13-5-/t18-,19-/m0/s1. The zero-order valence-electron chi connectivity index (χ0n) is 15.5. The average molecular weight is 358 g/mol. The summed E-state index contributed by atoms with van der Waals surface area (Å²) in [5, 5.41) is 20.8. The van der Waals surface area contributed by atoms with Gasteiger partial charge < -0.3 is 19.7 Å². The Labute approximate surface area is 153 Å². The maximum Gasteiger partial charge on any atom is 0.334 e. The van der Waals surface area contributed by atoms with Gasteiger partial charge in [-0.15, -0.1) is 0 Å². The highest BCUT2D eigenvalue weighted by Gasteiger charge is 2.32. The number of ether oxygens (including phenoxy) is 2. The van der Waals surface area contributed by atoms with Gasteiger partial charge in [-0.25, -0.2) is 4.79 Å². The molecule has 0 saturated heterocycles. The number of esters is 1. The molecule has 1 aromatic carbocycles. The minimum Gasteiger partial charge on any atom is -0.508 e. The highest BCUT2D eigenvalue weighted by molar-refractivity contribution is 5.91. The van der Waals surface area contributed by atoms with Crippen LogP contribution in [0.3, 0.4) is 0 Å². The Balaban J connectivity index is 1.98. The van der Waals surface area contributed by atoms with E-state index in [1.807, 2.05) is 20.8 Å². The molecule has 2 aliphatic rings. The van der Waals surface area contributed by atoms with Crippen molar-refractivity contribution in [3.8, 4) is 11.5 Å². The summed E-state index contributed by atoms with van der Waals surface area (Å²) < 4.78 is 11.4. The van der Waals surface area contributed by atoms with Gasteiger partial charge in [0, 0.05) is 11.1 Å². The van der Waals surface area contributed by atoms with Crippen molar-refractivity contribution in [3.63, 3.8) is 0 Å². The van der Waals surface area contributed by atoms with Gasteiger partial charge in [0.1, 0.15) is 23.2 Å². The fourth-order valence-electron chi connectivity index (χ4n) is 3.30. The number of hydrogen-bond acceptors (Lipinski definition) is 5. The zero-order chi connectivity index (χ0) is 18.9. The van der Waals surface area contributed by atoms with E-state index in [1.54, 1.807) is 18.2 Å². The first kappa shape index (κ1) is 18.5. The number of phenolic OH excluding ortho intramolecular Hbond substituents is 1. The summed E-state index contributed by atoms with van der Waals surface area (Å²) in [7, 11) is 0. The molecule has 0 fully saturated rings. The summed E-state index contributed by atoms with van der Waals surface area (Å²) in [5.74, 6) is 0.225. The molecule has 5 heteroatoms. The van der Waals surface area contributed by atoms with Crippen LogP contribution in [0.5, 0.6) is 11.5 Å². The van der Waals surface area contributed by atoms with Gasteiger partial charge in [-0.2, -0.15) is 0 Å². The second-order valence-electron chi connectivity index (χ2n) is 7.59. The SMILES string of the molecule is C/C1=C/CCC2=C[C@H](OC2=O)c2cc(ccc2O)OC(C)(C)[C@@H](O)CC1. The summed E-state index contributed by atoms with van der Waals surface area (Å²) in [6, 6.07) is 4.85. The fourth-order valence-corrected chi connectivity index (χ4v) is 3.30. The van der Waals surface area contributed by atoms with Crippen LogP contribution in [0, 0.1) is 0 Å². The van der Waals surface area contributed by atoms with E-state index in [0.717, 1.165) is 12.8 Å². The predicted molar refractivity (Wildman–Crippen MR) is 98.0 cm³/mol. The van der Waals surface area contributed by atoms with Crippen molar-refractivity contribution >= 4 is 5.97 Å². The van der Waals surface area contributed by atoms with E-state index in [9.17, 15) is 15.0 Å². The number of rotatable bonds is 0. The van der Waals surface area contributed by atoms with Crippen molar-refractivity contribution in [3.05, 3.63) is 47.1 Å². The molecule has 26 heavy (non-hydrogen) atoms. The lowest BCUT2D eigenvalue weighted by Gasteiger charge is -2.32. The minimum atomic E-state index is -0.790. The molecule has 0 aromatic heterocycles. The Bertz CT molecular complexity index is 760. The van der Waals surface area contributed by atoms with Crippen molar-refractivity contribution < 1.29 is 24.5 Å². The van der Waals surface area contributed by atoms with Crippen LogP contribution >= 0.6 is 0 Å². The molecular formula is C21H26O5. The molecule has 2 aliphatic heterocycles. The monoisotopic (exact) mass is 358 g/mol. The Morgan fingerprint density at radius 3 is 2.77 bits per heavy atom. The summed E-state index contributed by atoms with van der Waals surface area (Å²) in [6.45, 7) is 5.72. The first-order valence-electron chi connectivity index (χ1n) is 9.03. The number of fused-ring (bicyclic) bond motifs is 4. The number of phenols is 1. The van der Waals surface area contributed by atoms with Gasteiger partial charge in [-0.3, -0.25) is 0 Å². The van der Waals surface area contributed by atoms with Gasteiger partial charge in [0.05, 0.1) is 6.10 Å². The third kappa shape index (κ3) is 3.93. The summed E-state index contributed by atoms with van der Waals surface area (Å²) in [5.41, 5.74) is 1.50. The first-order valence-corrected chi connectivity index (χ1v) is 9.03. The van der Waals surface area contributed by atoms with E-state index in [2.05, 4.69) is 6.08 Å². The third-order valence-electron chi connectivity index (χ3n) is 5.06. The highest BCUT2D eigenvalue weighted by Crippen LogP contribution is 2.38. The molecule has 1 aromatic rings. The fraction of sp³-hybridized carbons (Fsp3) is 0.476. The lowest BCUT2D eigenvalue weighted by molar-refractivity contribution is -0.140.